The average Bonchev–Trinajstić information content (AvgIpc) is 2.71. The molecule has 0 radical (unpaired) electrons. The van der Waals surface area contributed by atoms with Crippen molar-refractivity contribution in [1.29, 1.82) is 0 Å². The van der Waals surface area contributed by atoms with Crippen molar-refractivity contribution in [3.63, 3.8) is 0 Å². The molecule has 2 heteroatoms. The molecule has 1 aliphatic carbocycles. The second-order valence-electron chi connectivity index (χ2n) is 5.67. The fourth-order valence-electron chi connectivity index (χ4n) is 3.11. The van der Waals surface area contributed by atoms with Crippen LogP contribution in [0.3, 0.4) is 0 Å². The van der Waals surface area contributed by atoms with Gasteiger partial charge in [-0.2, -0.15) is 0 Å². The Labute approximate surface area is 111 Å². The van der Waals surface area contributed by atoms with Crippen molar-refractivity contribution in [2.75, 3.05) is 7.05 Å². The molecule has 1 fully saturated rings. The lowest BCUT2D eigenvalue weighted by atomic mass is 9.89. The number of nitrogens with one attached hydrogen (secondary N) is 1. The number of rotatable bonds is 4. The highest BCUT2D eigenvalue weighted by molar-refractivity contribution is 5.30. The summed E-state index contributed by atoms with van der Waals surface area (Å²) >= 11 is 0. The van der Waals surface area contributed by atoms with Gasteiger partial charge in [-0.05, 0) is 63.3 Å². The van der Waals surface area contributed by atoms with Gasteiger partial charge in [-0.25, -0.2) is 0 Å². The Kier molecular flexibility index (Phi) is 4.28. The van der Waals surface area contributed by atoms with Gasteiger partial charge in [0.05, 0.1) is 6.10 Å². The van der Waals surface area contributed by atoms with Crippen LogP contribution in [-0.2, 0) is 0 Å². The van der Waals surface area contributed by atoms with Crippen LogP contribution in [0.1, 0.15) is 45.1 Å². The van der Waals surface area contributed by atoms with Crippen LogP contribution in [0.5, 0.6) is 5.75 Å². The van der Waals surface area contributed by atoms with Crippen LogP contribution in [0.4, 0.5) is 0 Å². The van der Waals surface area contributed by atoms with E-state index < -0.39 is 0 Å². The van der Waals surface area contributed by atoms with E-state index in [9.17, 15) is 0 Å². The molecular formula is C16H25NO. The standard InChI is InChI=1S/C16H25NO/c1-11(2)18-14-7-5-13(6-8-14)15-9-10-16(17-4)12(15)3/h5-8,11-12,15-17H,9-10H2,1-4H3. The maximum absolute atomic E-state index is 5.69. The second kappa shape index (κ2) is 5.75. The first-order valence-corrected chi connectivity index (χ1v) is 7.05. The van der Waals surface area contributed by atoms with Crippen molar-refractivity contribution in [2.24, 2.45) is 5.92 Å². The first-order chi connectivity index (χ1) is 8.61. The molecule has 3 atom stereocenters. The molecule has 1 N–H and O–H groups in total. The lowest BCUT2D eigenvalue weighted by molar-refractivity contribution is 0.242. The molecule has 0 saturated heterocycles. The highest BCUT2D eigenvalue weighted by atomic mass is 16.5. The highest BCUT2D eigenvalue weighted by Gasteiger charge is 2.32. The van der Waals surface area contributed by atoms with Gasteiger partial charge in [0.15, 0.2) is 0 Å². The first kappa shape index (κ1) is 13.4. The van der Waals surface area contributed by atoms with E-state index in [-0.39, 0.29) is 6.10 Å². The van der Waals surface area contributed by atoms with Gasteiger partial charge in [0.1, 0.15) is 5.75 Å². The molecule has 0 aliphatic heterocycles. The average molecular weight is 247 g/mol. The molecule has 1 aromatic carbocycles. The van der Waals surface area contributed by atoms with Crippen molar-refractivity contribution in [3.8, 4) is 5.75 Å². The molecule has 2 nitrogen and oxygen atoms in total. The first-order valence-electron chi connectivity index (χ1n) is 7.05. The largest absolute Gasteiger partial charge is 0.491 e. The van der Waals surface area contributed by atoms with Crippen LogP contribution in [-0.4, -0.2) is 19.2 Å². The lowest BCUT2D eigenvalue weighted by Gasteiger charge is -2.21. The Balaban J connectivity index is 2.06. The van der Waals surface area contributed by atoms with Crippen LogP contribution in [0.15, 0.2) is 24.3 Å². The second-order valence-corrected chi connectivity index (χ2v) is 5.67. The summed E-state index contributed by atoms with van der Waals surface area (Å²) in [6.45, 7) is 6.48. The molecule has 1 aromatic rings. The number of ether oxygens (including phenoxy) is 1. The van der Waals surface area contributed by atoms with Crippen LogP contribution in [0, 0.1) is 5.92 Å². The molecule has 0 spiro atoms. The predicted molar refractivity (Wildman–Crippen MR) is 76.2 cm³/mol. The lowest BCUT2D eigenvalue weighted by Crippen LogP contribution is -2.28. The molecule has 1 saturated carbocycles. The summed E-state index contributed by atoms with van der Waals surface area (Å²) in [7, 11) is 2.07. The molecule has 2 rings (SSSR count). The summed E-state index contributed by atoms with van der Waals surface area (Å²) in [5.41, 5.74) is 1.45. The molecule has 18 heavy (non-hydrogen) atoms. The Hall–Kier alpha value is -1.02. The van der Waals surface area contributed by atoms with Gasteiger partial charge in [-0.3, -0.25) is 0 Å². The third-order valence-electron chi connectivity index (χ3n) is 4.11. The Morgan fingerprint density at radius 1 is 1.17 bits per heavy atom. The zero-order valence-corrected chi connectivity index (χ0v) is 11.9. The summed E-state index contributed by atoms with van der Waals surface area (Å²) in [6.07, 6.45) is 2.82. The van der Waals surface area contributed by atoms with Crippen molar-refractivity contribution in [3.05, 3.63) is 29.8 Å². The van der Waals surface area contributed by atoms with E-state index in [1.54, 1.807) is 0 Å². The van der Waals surface area contributed by atoms with Crippen LogP contribution < -0.4 is 10.1 Å². The maximum atomic E-state index is 5.69. The van der Waals surface area contributed by atoms with Crippen LogP contribution >= 0.6 is 0 Å². The predicted octanol–water partition coefficient (Wildman–Crippen LogP) is 3.58. The van der Waals surface area contributed by atoms with Gasteiger partial charge in [0, 0.05) is 6.04 Å². The Morgan fingerprint density at radius 2 is 1.83 bits per heavy atom. The van der Waals surface area contributed by atoms with Gasteiger partial charge in [0.2, 0.25) is 0 Å². The smallest absolute Gasteiger partial charge is 0.119 e. The third-order valence-corrected chi connectivity index (χ3v) is 4.11. The molecule has 0 heterocycles. The summed E-state index contributed by atoms with van der Waals surface area (Å²) < 4.78 is 5.69. The monoisotopic (exact) mass is 247 g/mol. The minimum Gasteiger partial charge on any atom is -0.491 e. The zero-order chi connectivity index (χ0) is 13.1. The maximum Gasteiger partial charge on any atom is 0.119 e. The van der Waals surface area contributed by atoms with E-state index in [4.69, 9.17) is 4.74 Å². The van der Waals surface area contributed by atoms with Gasteiger partial charge in [-0.1, -0.05) is 19.1 Å². The normalized spacial score (nSPS) is 27.7. The molecule has 0 aromatic heterocycles. The molecule has 0 bridgehead atoms. The van der Waals surface area contributed by atoms with Gasteiger partial charge in [0.25, 0.3) is 0 Å². The molecule has 100 valence electrons. The fraction of sp³-hybridized carbons (Fsp3) is 0.625. The quantitative estimate of drug-likeness (QED) is 0.878. The van der Waals surface area contributed by atoms with Crippen LogP contribution in [0.25, 0.3) is 0 Å². The minimum atomic E-state index is 0.245. The van der Waals surface area contributed by atoms with Gasteiger partial charge >= 0.3 is 0 Å². The van der Waals surface area contributed by atoms with E-state index in [1.165, 1.54) is 18.4 Å². The van der Waals surface area contributed by atoms with E-state index >= 15 is 0 Å². The topological polar surface area (TPSA) is 21.3 Å². The van der Waals surface area contributed by atoms with Crippen molar-refractivity contribution in [2.45, 2.75) is 51.7 Å². The van der Waals surface area contributed by atoms with Crippen molar-refractivity contribution < 1.29 is 4.74 Å². The van der Waals surface area contributed by atoms with E-state index in [0.717, 1.165) is 5.75 Å². The van der Waals surface area contributed by atoms with Crippen molar-refractivity contribution >= 4 is 0 Å². The van der Waals surface area contributed by atoms with E-state index in [1.807, 2.05) is 0 Å². The molecular weight excluding hydrogens is 222 g/mol. The molecule has 3 unspecified atom stereocenters. The fourth-order valence-corrected chi connectivity index (χ4v) is 3.11. The molecule has 1 aliphatic rings. The number of hydrogen-bond donors (Lipinski definition) is 1. The third kappa shape index (κ3) is 2.86. The number of benzene rings is 1. The minimum absolute atomic E-state index is 0.245. The highest BCUT2D eigenvalue weighted by Crippen LogP contribution is 2.39. The Morgan fingerprint density at radius 3 is 2.33 bits per heavy atom. The van der Waals surface area contributed by atoms with Crippen molar-refractivity contribution in [1.82, 2.24) is 5.32 Å². The van der Waals surface area contributed by atoms with Gasteiger partial charge in [-0.15, -0.1) is 0 Å². The summed E-state index contributed by atoms with van der Waals surface area (Å²) in [5, 5.41) is 3.43. The van der Waals surface area contributed by atoms with E-state index in [2.05, 4.69) is 57.4 Å². The summed E-state index contributed by atoms with van der Waals surface area (Å²) in [6, 6.07) is 9.35. The van der Waals surface area contributed by atoms with E-state index in [0.29, 0.717) is 17.9 Å². The Bertz CT molecular complexity index is 371. The summed E-state index contributed by atoms with van der Waals surface area (Å²) in [4.78, 5) is 0. The summed E-state index contributed by atoms with van der Waals surface area (Å²) in [5.74, 6) is 2.38. The van der Waals surface area contributed by atoms with Crippen LogP contribution in [0.2, 0.25) is 0 Å². The number of hydrogen-bond acceptors (Lipinski definition) is 2. The SMILES string of the molecule is CNC1CCC(c2ccc(OC(C)C)cc2)C1C. The van der Waals surface area contributed by atoms with Gasteiger partial charge < -0.3 is 10.1 Å². The zero-order valence-electron chi connectivity index (χ0n) is 11.9. The molecule has 0 amide bonds.